The molecule has 0 spiro atoms. The molecule has 0 unspecified atom stereocenters. The Kier molecular flexibility index (Phi) is 5.24. The van der Waals surface area contributed by atoms with Crippen LogP contribution < -0.4 is 15.0 Å². The van der Waals surface area contributed by atoms with Gasteiger partial charge in [-0.3, -0.25) is 9.69 Å². The Balaban J connectivity index is 1.31. The second-order valence-corrected chi connectivity index (χ2v) is 7.72. The molecule has 1 aromatic rings. The molecule has 3 heterocycles. The summed E-state index contributed by atoms with van der Waals surface area (Å²) in [4.78, 5) is 25.9. The van der Waals surface area contributed by atoms with Crippen molar-refractivity contribution in [2.45, 2.75) is 50.6 Å². The molecule has 26 heavy (non-hydrogen) atoms. The Morgan fingerprint density at radius 3 is 2.62 bits per heavy atom. The Morgan fingerprint density at radius 2 is 1.88 bits per heavy atom. The average Bonchev–Trinajstić information content (AvgIpc) is 3.52. The molecule has 3 aliphatic rings. The van der Waals surface area contributed by atoms with Gasteiger partial charge < -0.3 is 15.0 Å². The number of likely N-dealkylation sites (tertiary alicyclic amines) is 1. The molecular weight excluding hydrogens is 330 g/mol. The van der Waals surface area contributed by atoms with E-state index < -0.39 is 0 Å². The normalized spacial score (nSPS) is 25.1. The maximum Gasteiger partial charge on any atom is 0.257 e. The quantitative estimate of drug-likeness (QED) is 0.858. The third kappa shape index (κ3) is 3.92. The maximum absolute atomic E-state index is 12.4. The molecule has 1 N–H and O–H groups in total. The summed E-state index contributed by atoms with van der Waals surface area (Å²) in [6.07, 6.45) is 10.0. The summed E-state index contributed by atoms with van der Waals surface area (Å²) in [6, 6.07) is 1.02. The summed E-state index contributed by atoms with van der Waals surface area (Å²) in [5.41, 5.74) is 0. The van der Waals surface area contributed by atoms with Gasteiger partial charge in [-0.2, -0.15) is 0 Å². The summed E-state index contributed by atoms with van der Waals surface area (Å²) in [5, 5.41) is 3.19. The first-order valence-corrected chi connectivity index (χ1v) is 9.89. The number of methoxy groups -OCH3 is 1. The van der Waals surface area contributed by atoms with Crippen molar-refractivity contribution in [3.05, 3.63) is 12.4 Å². The van der Waals surface area contributed by atoms with Crippen molar-refractivity contribution in [2.75, 3.05) is 38.2 Å². The molecule has 1 aliphatic carbocycles. The van der Waals surface area contributed by atoms with Crippen LogP contribution in [0.1, 0.15) is 38.5 Å². The number of hydrogen-bond acceptors (Lipinski definition) is 6. The Bertz CT molecular complexity index is 628. The number of ether oxygens (including phenoxy) is 1. The van der Waals surface area contributed by atoms with Crippen molar-refractivity contribution in [3.63, 3.8) is 0 Å². The second kappa shape index (κ2) is 7.78. The number of aromatic nitrogens is 2. The van der Waals surface area contributed by atoms with Crippen LogP contribution in [0.2, 0.25) is 0 Å². The zero-order valence-electron chi connectivity index (χ0n) is 15.6. The molecule has 4 rings (SSSR count). The molecule has 0 bridgehead atoms. The number of hydrogen-bond donors (Lipinski definition) is 1. The van der Waals surface area contributed by atoms with Crippen LogP contribution >= 0.6 is 0 Å². The fourth-order valence-corrected chi connectivity index (χ4v) is 4.22. The van der Waals surface area contributed by atoms with Crippen LogP contribution in [-0.4, -0.2) is 66.1 Å². The largest absolute Gasteiger partial charge is 0.478 e. The van der Waals surface area contributed by atoms with Crippen molar-refractivity contribution in [1.82, 2.24) is 20.2 Å². The van der Waals surface area contributed by atoms with Gasteiger partial charge in [-0.15, -0.1) is 0 Å². The zero-order chi connectivity index (χ0) is 17.9. The fraction of sp³-hybridized carbons (Fsp3) is 0.737. The molecule has 0 radical (unpaired) electrons. The fourth-order valence-electron chi connectivity index (χ4n) is 4.22. The van der Waals surface area contributed by atoms with Crippen molar-refractivity contribution >= 4 is 11.7 Å². The first-order chi connectivity index (χ1) is 12.7. The van der Waals surface area contributed by atoms with E-state index in [4.69, 9.17) is 4.74 Å². The summed E-state index contributed by atoms with van der Waals surface area (Å²) in [7, 11) is 1.64. The minimum atomic E-state index is 0.169. The van der Waals surface area contributed by atoms with E-state index >= 15 is 0 Å². The molecule has 1 saturated carbocycles. The highest BCUT2D eigenvalue weighted by molar-refractivity contribution is 5.79. The number of anilines is 1. The summed E-state index contributed by atoms with van der Waals surface area (Å²) in [5.74, 6) is 1.89. The Hall–Kier alpha value is -1.89. The second-order valence-electron chi connectivity index (χ2n) is 7.72. The predicted molar refractivity (Wildman–Crippen MR) is 99.3 cm³/mol. The lowest BCUT2D eigenvalue weighted by atomic mass is 9.93. The summed E-state index contributed by atoms with van der Waals surface area (Å²) in [6.45, 7) is 3.94. The lowest BCUT2D eigenvalue weighted by molar-refractivity contribution is -0.127. The van der Waals surface area contributed by atoms with E-state index in [0.29, 0.717) is 18.0 Å². The van der Waals surface area contributed by atoms with Crippen LogP contribution in [0.5, 0.6) is 5.88 Å². The van der Waals surface area contributed by atoms with Crippen LogP contribution in [0.15, 0.2) is 12.4 Å². The molecule has 142 valence electrons. The van der Waals surface area contributed by atoms with Gasteiger partial charge in [-0.1, -0.05) is 0 Å². The number of piperidine rings is 2. The highest BCUT2D eigenvalue weighted by atomic mass is 16.5. The van der Waals surface area contributed by atoms with E-state index in [2.05, 4.69) is 25.1 Å². The molecule has 2 saturated heterocycles. The molecule has 0 aromatic carbocycles. The number of nitrogens with zero attached hydrogens (tertiary/aromatic N) is 4. The van der Waals surface area contributed by atoms with Crippen LogP contribution in [0.4, 0.5) is 5.82 Å². The zero-order valence-corrected chi connectivity index (χ0v) is 15.6. The van der Waals surface area contributed by atoms with Crippen molar-refractivity contribution in [1.29, 1.82) is 0 Å². The van der Waals surface area contributed by atoms with E-state index in [9.17, 15) is 4.79 Å². The molecule has 3 fully saturated rings. The standard InChI is InChI=1S/C19H29N5O2/c1-26-19-17(20-8-9-21-19)23-11-6-16(7-12-23)24-10-2-3-14(13-24)18(25)22-15-4-5-15/h8-9,14-16H,2-7,10-13H2,1H3,(H,22,25)/t14-/m1/s1. The Labute approximate surface area is 155 Å². The lowest BCUT2D eigenvalue weighted by Crippen LogP contribution is -2.51. The molecule has 7 nitrogen and oxygen atoms in total. The first kappa shape index (κ1) is 17.5. The highest BCUT2D eigenvalue weighted by Gasteiger charge is 2.34. The molecule has 1 atom stereocenters. The van der Waals surface area contributed by atoms with Gasteiger partial charge in [0.15, 0.2) is 5.82 Å². The van der Waals surface area contributed by atoms with Crippen LogP contribution in [-0.2, 0) is 4.79 Å². The predicted octanol–water partition coefficient (Wildman–Crippen LogP) is 1.44. The minimum absolute atomic E-state index is 0.169. The number of amides is 1. The Morgan fingerprint density at radius 1 is 1.12 bits per heavy atom. The van der Waals surface area contributed by atoms with Gasteiger partial charge in [0, 0.05) is 44.1 Å². The van der Waals surface area contributed by atoms with Gasteiger partial charge in [-0.25, -0.2) is 9.97 Å². The summed E-state index contributed by atoms with van der Waals surface area (Å²) >= 11 is 0. The van der Waals surface area contributed by atoms with Crippen molar-refractivity contribution in [2.24, 2.45) is 5.92 Å². The lowest BCUT2D eigenvalue weighted by Gasteiger charge is -2.42. The topological polar surface area (TPSA) is 70.6 Å². The monoisotopic (exact) mass is 359 g/mol. The van der Waals surface area contributed by atoms with E-state index in [0.717, 1.165) is 70.5 Å². The van der Waals surface area contributed by atoms with E-state index in [-0.39, 0.29) is 11.8 Å². The number of carbonyl (C=O) groups excluding carboxylic acids is 1. The SMILES string of the molecule is COc1nccnc1N1CCC(N2CCC[C@@H](C(=O)NC3CC3)C2)CC1. The number of nitrogens with one attached hydrogen (secondary N) is 1. The number of carbonyl (C=O) groups is 1. The van der Waals surface area contributed by atoms with Gasteiger partial charge in [-0.05, 0) is 45.1 Å². The first-order valence-electron chi connectivity index (χ1n) is 9.89. The third-order valence-electron chi connectivity index (χ3n) is 5.87. The average molecular weight is 359 g/mol. The van der Waals surface area contributed by atoms with E-state index in [1.807, 2.05) is 0 Å². The maximum atomic E-state index is 12.4. The molecule has 7 heteroatoms. The molecule has 2 aliphatic heterocycles. The smallest absolute Gasteiger partial charge is 0.257 e. The van der Waals surface area contributed by atoms with Crippen LogP contribution in [0, 0.1) is 5.92 Å². The minimum Gasteiger partial charge on any atom is -0.478 e. The van der Waals surface area contributed by atoms with Crippen molar-refractivity contribution in [3.8, 4) is 5.88 Å². The molecule has 1 aromatic heterocycles. The van der Waals surface area contributed by atoms with Gasteiger partial charge >= 0.3 is 0 Å². The van der Waals surface area contributed by atoms with Crippen LogP contribution in [0.25, 0.3) is 0 Å². The van der Waals surface area contributed by atoms with Gasteiger partial charge in [0.1, 0.15) is 0 Å². The van der Waals surface area contributed by atoms with E-state index in [1.54, 1.807) is 19.5 Å². The van der Waals surface area contributed by atoms with Crippen LogP contribution in [0.3, 0.4) is 0 Å². The number of rotatable bonds is 5. The van der Waals surface area contributed by atoms with Crippen molar-refractivity contribution < 1.29 is 9.53 Å². The summed E-state index contributed by atoms with van der Waals surface area (Å²) < 4.78 is 5.35. The van der Waals surface area contributed by atoms with Gasteiger partial charge in [0.05, 0.1) is 13.0 Å². The van der Waals surface area contributed by atoms with Gasteiger partial charge in [0.2, 0.25) is 5.91 Å². The van der Waals surface area contributed by atoms with Gasteiger partial charge in [0.25, 0.3) is 5.88 Å². The third-order valence-corrected chi connectivity index (χ3v) is 5.87. The van der Waals surface area contributed by atoms with E-state index in [1.165, 1.54) is 0 Å². The molecule has 1 amide bonds. The highest BCUT2D eigenvalue weighted by Crippen LogP contribution is 2.29. The molecular formula is C19H29N5O2.